The summed E-state index contributed by atoms with van der Waals surface area (Å²) < 4.78 is 0. The maximum absolute atomic E-state index is 8.66. The third-order valence-corrected chi connectivity index (χ3v) is 3.67. The molecule has 1 N–H and O–H groups in total. The highest BCUT2D eigenvalue weighted by Crippen LogP contribution is 2.10. The fourth-order valence-corrected chi connectivity index (χ4v) is 2.36. The van der Waals surface area contributed by atoms with Crippen LogP contribution < -0.4 is 0 Å². The van der Waals surface area contributed by atoms with Gasteiger partial charge >= 0.3 is 0 Å². The van der Waals surface area contributed by atoms with Gasteiger partial charge in [-0.15, -0.1) is 0 Å². The van der Waals surface area contributed by atoms with Gasteiger partial charge in [-0.1, -0.05) is 76.9 Å². The number of unbranched alkanes of at least 4 members (excludes halogenated alkanes) is 12. The number of hydrogen-bond acceptors (Lipinski definition) is 1. The number of aliphatic hydroxyl groups excluding tert-OH is 1. The lowest BCUT2D eigenvalue weighted by Crippen LogP contribution is -1.84. The largest absolute Gasteiger partial charge is 0.396 e. The van der Waals surface area contributed by atoms with Gasteiger partial charge in [0, 0.05) is 6.61 Å². The first-order valence-corrected chi connectivity index (χ1v) is 8.67. The van der Waals surface area contributed by atoms with Crippen LogP contribution in [0.4, 0.5) is 0 Å². The van der Waals surface area contributed by atoms with E-state index in [2.05, 4.69) is 19.1 Å². The van der Waals surface area contributed by atoms with Crippen LogP contribution in [0.3, 0.4) is 0 Å². The quantitative estimate of drug-likeness (QED) is 0.284. The summed E-state index contributed by atoms with van der Waals surface area (Å²) >= 11 is 0. The Hall–Kier alpha value is -0.300. The molecule has 0 unspecified atom stereocenters. The molecule has 0 spiro atoms. The van der Waals surface area contributed by atoms with Crippen LogP contribution in [0.25, 0.3) is 0 Å². The molecule has 0 fully saturated rings. The van der Waals surface area contributed by atoms with Gasteiger partial charge in [0.25, 0.3) is 0 Å². The minimum Gasteiger partial charge on any atom is -0.396 e. The topological polar surface area (TPSA) is 20.2 Å². The van der Waals surface area contributed by atoms with Crippen molar-refractivity contribution < 1.29 is 5.11 Å². The van der Waals surface area contributed by atoms with Gasteiger partial charge in [-0.3, -0.25) is 0 Å². The molecule has 19 heavy (non-hydrogen) atoms. The van der Waals surface area contributed by atoms with Crippen LogP contribution in [-0.4, -0.2) is 11.7 Å². The number of aliphatic hydroxyl groups is 1. The Morgan fingerprint density at radius 1 is 0.579 bits per heavy atom. The van der Waals surface area contributed by atoms with Gasteiger partial charge in [0.1, 0.15) is 0 Å². The van der Waals surface area contributed by atoms with E-state index in [-0.39, 0.29) is 0 Å². The molecule has 0 bridgehead atoms. The summed E-state index contributed by atoms with van der Waals surface area (Å²) in [6.45, 7) is 2.63. The summed E-state index contributed by atoms with van der Waals surface area (Å²) in [6, 6.07) is 0. The van der Waals surface area contributed by atoms with E-state index in [1.54, 1.807) is 0 Å². The second kappa shape index (κ2) is 17.7. The van der Waals surface area contributed by atoms with Crippen molar-refractivity contribution in [2.75, 3.05) is 6.61 Å². The molecule has 0 aliphatic carbocycles. The number of rotatable bonds is 15. The zero-order chi connectivity index (χ0) is 14.0. The smallest absolute Gasteiger partial charge is 0.0431 e. The van der Waals surface area contributed by atoms with Crippen molar-refractivity contribution in [3.05, 3.63) is 12.2 Å². The molecule has 0 aliphatic heterocycles. The van der Waals surface area contributed by atoms with Crippen molar-refractivity contribution in [2.24, 2.45) is 0 Å². The molecular formula is C18H36O. The van der Waals surface area contributed by atoms with E-state index in [4.69, 9.17) is 5.11 Å². The minimum atomic E-state index is 0.366. The van der Waals surface area contributed by atoms with Crippen LogP contribution in [0.5, 0.6) is 0 Å². The molecule has 0 saturated carbocycles. The summed E-state index contributed by atoms with van der Waals surface area (Å²) in [5.74, 6) is 0. The molecule has 0 atom stereocenters. The van der Waals surface area contributed by atoms with E-state index >= 15 is 0 Å². The summed E-state index contributed by atoms with van der Waals surface area (Å²) in [5, 5.41) is 8.66. The van der Waals surface area contributed by atoms with Crippen LogP contribution >= 0.6 is 0 Å². The third-order valence-electron chi connectivity index (χ3n) is 3.67. The molecule has 0 aliphatic rings. The van der Waals surface area contributed by atoms with Crippen molar-refractivity contribution in [1.29, 1.82) is 0 Å². The summed E-state index contributed by atoms with van der Waals surface area (Å²) in [4.78, 5) is 0. The Labute approximate surface area is 121 Å². The lowest BCUT2D eigenvalue weighted by molar-refractivity contribution is 0.282. The first-order chi connectivity index (χ1) is 9.41. The molecule has 0 rings (SSSR count). The minimum absolute atomic E-state index is 0.366. The zero-order valence-electron chi connectivity index (χ0n) is 13.2. The second-order valence-corrected chi connectivity index (χ2v) is 5.66. The average Bonchev–Trinajstić information content (AvgIpc) is 2.43. The Morgan fingerprint density at radius 3 is 1.47 bits per heavy atom. The van der Waals surface area contributed by atoms with E-state index < -0.39 is 0 Å². The van der Waals surface area contributed by atoms with Crippen molar-refractivity contribution in [3.63, 3.8) is 0 Å². The molecule has 0 heterocycles. The first kappa shape index (κ1) is 18.7. The maximum atomic E-state index is 8.66. The monoisotopic (exact) mass is 268 g/mol. The standard InChI is InChI=1S/C18H36O/c1-2-3-4-5-6-7-8-9-10-11-12-13-14-15-16-17-18-19/h7-8,19H,2-6,9-18H2,1H3/b8-7+. The Balaban J connectivity index is 2.99. The van der Waals surface area contributed by atoms with Crippen molar-refractivity contribution in [1.82, 2.24) is 0 Å². The predicted molar refractivity (Wildman–Crippen MR) is 86.5 cm³/mol. The van der Waals surface area contributed by atoms with Gasteiger partial charge in [-0.25, -0.2) is 0 Å². The summed E-state index contributed by atoms with van der Waals surface area (Å²) in [6.07, 6.45) is 23.2. The molecular weight excluding hydrogens is 232 g/mol. The molecule has 114 valence electrons. The first-order valence-electron chi connectivity index (χ1n) is 8.67. The van der Waals surface area contributed by atoms with Crippen LogP contribution in [0.15, 0.2) is 12.2 Å². The normalized spacial score (nSPS) is 11.5. The highest BCUT2D eigenvalue weighted by molar-refractivity contribution is 4.81. The van der Waals surface area contributed by atoms with Gasteiger partial charge in [0.2, 0.25) is 0 Å². The Morgan fingerprint density at radius 2 is 1.00 bits per heavy atom. The molecule has 1 heteroatoms. The van der Waals surface area contributed by atoms with Gasteiger partial charge in [0.05, 0.1) is 0 Å². The molecule has 1 nitrogen and oxygen atoms in total. The van der Waals surface area contributed by atoms with Crippen molar-refractivity contribution >= 4 is 0 Å². The van der Waals surface area contributed by atoms with E-state index in [1.165, 1.54) is 83.5 Å². The van der Waals surface area contributed by atoms with Crippen molar-refractivity contribution in [3.8, 4) is 0 Å². The van der Waals surface area contributed by atoms with Gasteiger partial charge in [-0.05, 0) is 32.1 Å². The Kier molecular flexibility index (Phi) is 17.4. The fraction of sp³-hybridized carbons (Fsp3) is 0.889. The molecule has 0 aromatic carbocycles. The molecule has 0 aromatic heterocycles. The van der Waals surface area contributed by atoms with Gasteiger partial charge in [0.15, 0.2) is 0 Å². The summed E-state index contributed by atoms with van der Waals surface area (Å²) in [5.41, 5.74) is 0. The fourth-order valence-electron chi connectivity index (χ4n) is 2.36. The van der Waals surface area contributed by atoms with Gasteiger partial charge < -0.3 is 5.11 Å². The zero-order valence-corrected chi connectivity index (χ0v) is 13.2. The third kappa shape index (κ3) is 17.7. The molecule has 0 saturated heterocycles. The number of allylic oxidation sites excluding steroid dienone is 2. The Bertz CT molecular complexity index is 175. The van der Waals surface area contributed by atoms with Crippen LogP contribution in [0.2, 0.25) is 0 Å². The second-order valence-electron chi connectivity index (χ2n) is 5.66. The molecule has 0 aromatic rings. The molecule has 0 radical (unpaired) electrons. The lowest BCUT2D eigenvalue weighted by Gasteiger charge is -2.00. The average molecular weight is 268 g/mol. The van der Waals surface area contributed by atoms with E-state index in [9.17, 15) is 0 Å². The summed E-state index contributed by atoms with van der Waals surface area (Å²) in [7, 11) is 0. The molecule has 0 amide bonds. The van der Waals surface area contributed by atoms with E-state index in [0.717, 1.165) is 6.42 Å². The number of hydrogen-bond donors (Lipinski definition) is 1. The van der Waals surface area contributed by atoms with Gasteiger partial charge in [-0.2, -0.15) is 0 Å². The highest BCUT2D eigenvalue weighted by atomic mass is 16.2. The van der Waals surface area contributed by atoms with Crippen molar-refractivity contribution in [2.45, 2.75) is 96.8 Å². The lowest BCUT2D eigenvalue weighted by atomic mass is 10.1. The van der Waals surface area contributed by atoms with Crippen LogP contribution in [-0.2, 0) is 0 Å². The predicted octanol–water partition coefficient (Wildman–Crippen LogP) is 6.02. The SMILES string of the molecule is CCCCCC/C=C/CCCCCCCCCCO. The van der Waals surface area contributed by atoms with E-state index in [0.29, 0.717) is 6.61 Å². The van der Waals surface area contributed by atoms with E-state index in [1.807, 2.05) is 0 Å². The van der Waals surface area contributed by atoms with Crippen LogP contribution in [0, 0.1) is 0 Å². The maximum Gasteiger partial charge on any atom is 0.0431 e. The van der Waals surface area contributed by atoms with Crippen LogP contribution in [0.1, 0.15) is 96.8 Å². The highest BCUT2D eigenvalue weighted by Gasteiger charge is 1.91.